The molecule has 4 rings (SSSR count). The number of amidine groups is 1. The summed E-state index contributed by atoms with van der Waals surface area (Å²) in [7, 11) is 3.91. The Kier molecular flexibility index (Phi) is 5.79. The Balaban J connectivity index is 1.63. The Hall–Kier alpha value is -2.83. The lowest BCUT2D eigenvalue weighted by molar-refractivity contribution is -0.658. The van der Waals surface area contributed by atoms with E-state index in [2.05, 4.69) is 29.2 Å². The van der Waals surface area contributed by atoms with Gasteiger partial charge in [0.05, 0.1) is 17.0 Å². The van der Waals surface area contributed by atoms with E-state index in [1.54, 1.807) is 17.2 Å². The second-order valence-corrected chi connectivity index (χ2v) is 8.38. The highest BCUT2D eigenvalue weighted by molar-refractivity contribution is 8.18. The number of nitrogens with zero attached hydrogens (tertiary/aromatic N) is 4. The second kappa shape index (κ2) is 8.50. The lowest BCUT2D eigenvalue weighted by Gasteiger charge is -2.26. The molecule has 1 fully saturated rings. The van der Waals surface area contributed by atoms with Crippen LogP contribution in [0.3, 0.4) is 0 Å². The fourth-order valence-corrected chi connectivity index (χ4v) is 4.55. The van der Waals surface area contributed by atoms with Crippen LogP contribution in [0, 0.1) is 0 Å². The summed E-state index contributed by atoms with van der Waals surface area (Å²) in [5, 5.41) is 1.31. The van der Waals surface area contributed by atoms with Crippen molar-refractivity contribution in [3.05, 3.63) is 82.0 Å². The maximum atomic E-state index is 12.9. The molecule has 152 valence electrons. The molecule has 0 saturated carbocycles. The molecular weight excluding hydrogens is 416 g/mol. The van der Waals surface area contributed by atoms with Crippen molar-refractivity contribution in [2.75, 3.05) is 18.5 Å². The molecule has 30 heavy (non-hydrogen) atoms. The van der Waals surface area contributed by atoms with Gasteiger partial charge in [-0.1, -0.05) is 35.9 Å². The molecule has 0 bridgehead atoms. The first-order chi connectivity index (χ1) is 14.5. The lowest BCUT2D eigenvalue weighted by atomic mass is 10.1. The van der Waals surface area contributed by atoms with Crippen LogP contribution in [0.15, 0.2) is 76.4 Å². The summed E-state index contributed by atoms with van der Waals surface area (Å²) in [6, 6.07) is 11.9. The van der Waals surface area contributed by atoms with Crippen LogP contribution in [0.4, 0.5) is 11.5 Å². The van der Waals surface area contributed by atoms with E-state index in [1.165, 1.54) is 17.3 Å². The average molecular weight is 438 g/mol. The zero-order valence-electron chi connectivity index (χ0n) is 17.0. The van der Waals surface area contributed by atoms with Crippen LogP contribution in [0.5, 0.6) is 0 Å². The van der Waals surface area contributed by atoms with Gasteiger partial charge in [-0.05, 0) is 59.6 Å². The molecular formula is C23H22ClN4OS+. The maximum absolute atomic E-state index is 12.9. The number of benzene rings is 1. The highest BCUT2D eigenvalue weighted by Crippen LogP contribution is 2.33. The van der Waals surface area contributed by atoms with Crippen LogP contribution in [-0.2, 0) is 11.8 Å². The normalized spacial score (nSPS) is 20.0. The van der Waals surface area contributed by atoms with Crippen LogP contribution >= 0.6 is 23.4 Å². The Morgan fingerprint density at radius 1 is 1.17 bits per heavy atom. The van der Waals surface area contributed by atoms with E-state index in [0.29, 0.717) is 21.6 Å². The maximum Gasteiger partial charge on any atom is 0.326 e. The molecule has 1 aromatic heterocycles. The van der Waals surface area contributed by atoms with Crippen molar-refractivity contribution in [3.63, 3.8) is 0 Å². The van der Waals surface area contributed by atoms with Crippen molar-refractivity contribution in [3.8, 4) is 0 Å². The molecule has 1 saturated heterocycles. The van der Waals surface area contributed by atoms with E-state index in [1.807, 2.05) is 55.9 Å². The number of likely N-dealkylation sites (N-methyl/N-ethyl adjacent to an activating group) is 2. The summed E-state index contributed by atoms with van der Waals surface area (Å²) >= 11 is 7.42. The highest BCUT2D eigenvalue weighted by Gasteiger charge is 2.36. The number of halogens is 1. The largest absolute Gasteiger partial charge is 0.344 e. The minimum absolute atomic E-state index is 0.0300. The van der Waals surface area contributed by atoms with Gasteiger partial charge in [-0.3, -0.25) is 9.69 Å². The van der Waals surface area contributed by atoms with Gasteiger partial charge >= 0.3 is 5.82 Å². The van der Waals surface area contributed by atoms with Gasteiger partial charge in [0.25, 0.3) is 11.1 Å². The third-order valence-electron chi connectivity index (χ3n) is 5.01. The first-order valence-corrected chi connectivity index (χ1v) is 10.8. The number of para-hydroxylation sites is 1. The number of hydrogen-bond acceptors (Lipinski definition) is 4. The number of aliphatic imine (C=N–C) groups is 1. The molecule has 0 N–H and O–H groups in total. The van der Waals surface area contributed by atoms with E-state index >= 15 is 0 Å². The number of anilines is 1. The smallest absolute Gasteiger partial charge is 0.326 e. The van der Waals surface area contributed by atoms with Gasteiger partial charge in [0, 0.05) is 31.0 Å². The first kappa shape index (κ1) is 20.4. The standard InChI is InChI=1S/C23H22ClN4OS/c1-4-28-22(29)20(30-23(28)25-21-14-10-17(24)15-26(21)2)13-12-18-11-9-16-7-5-6-8-19(16)27(18)3/h5-15H,4H2,1-3H3/q+1/b18-12+,20-13-. The van der Waals surface area contributed by atoms with Crippen molar-refractivity contribution in [2.45, 2.75) is 6.92 Å². The Morgan fingerprint density at radius 3 is 2.73 bits per heavy atom. The van der Waals surface area contributed by atoms with Crippen molar-refractivity contribution < 1.29 is 9.36 Å². The molecule has 3 heterocycles. The van der Waals surface area contributed by atoms with Crippen molar-refractivity contribution >= 4 is 52.0 Å². The minimum Gasteiger partial charge on any atom is -0.344 e. The van der Waals surface area contributed by atoms with Gasteiger partial charge in [0.1, 0.15) is 6.20 Å². The van der Waals surface area contributed by atoms with Gasteiger partial charge in [-0.15, -0.1) is 0 Å². The van der Waals surface area contributed by atoms with E-state index in [-0.39, 0.29) is 5.91 Å². The number of hydrogen-bond donors (Lipinski definition) is 0. The summed E-state index contributed by atoms with van der Waals surface area (Å²) in [5.74, 6) is 0.705. The lowest BCUT2D eigenvalue weighted by Crippen LogP contribution is -2.31. The van der Waals surface area contributed by atoms with Crippen LogP contribution < -0.4 is 9.47 Å². The summed E-state index contributed by atoms with van der Waals surface area (Å²) < 4.78 is 1.84. The van der Waals surface area contributed by atoms with Crippen LogP contribution in [0.25, 0.3) is 6.08 Å². The molecule has 0 unspecified atom stereocenters. The number of aryl methyl sites for hydroxylation is 1. The molecule has 7 heteroatoms. The third kappa shape index (κ3) is 3.93. The van der Waals surface area contributed by atoms with Gasteiger partial charge < -0.3 is 4.90 Å². The number of amides is 1. The predicted octanol–water partition coefficient (Wildman–Crippen LogP) is 4.68. The Labute approximate surface area is 185 Å². The number of allylic oxidation sites excluding steroid dienone is 3. The molecule has 0 spiro atoms. The minimum atomic E-state index is -0.0300. The predicted molar refractivity (Wildman–Crippen MR) is 125 cm³/mol. The SMILES string of the molecule is CCN1C(=O)/C(=C/C=C2\C=Cc3ccccc3N2C)SC1=Nc1ccc(Cl)c[n+]1C. The highest BCUT2D eigenvalue weighted by atomic mass is 35.5. The van der Waals surface area contributed by atoms with Crippen molar-refractivity contribution in [1.29, 1.82) is 0 Å². The number of rotatable bonds is 3. The van der Waals surface area contributed by atoms with Gasteiger partial charge in [-0.25, -0.2) is 4.57 Å². The zero-order valence-corrected chi connectivity index (χ0v) is 18.6. The van der Waals surface area contributed by atoms with E-state index < -0.39 is 0 Å². The topological polar surface area (TPSA) is 39.8 Å². The number of pyridine rings is 1. The van der Waals surface area contributed by atoms with E-state index in [0.717, 1.165) is 17.2 Å². The number of carbonyl (C=O) groups is 1. The van der Waals surface area contributed by atoms with Gasteiger partial charge in [0.15, 0.2) is 0 Å². The summed E-state index contributed by atoms with van der Waals surface area (Å²) in [6.07, 6.45) is 9.80. The number of fused-ring (bicyclic) bond motifs is 1. The molecule has 2 aliphatic heterocycles. The van der Waals surface area contributed by atoms with E-state index in [4.69, 9.17) is 16.6 Å². The number of aromatic nitrogens is 1. The zero-order chi connectivity index (χ0) is 21.3. The Morgan fingerprint density at radius 2 is 1.97 bits per heavy atom. The first-order valence-electron chi connectivity index (χ1n) is 9.64. The van der Waals surface area contributed by atoms with Crippen LogP contribution in [-0.4, -0.2) is 29.6 Å². The van der Waals surface area contributed by atoms with Crippen molar-refractivity contribution in [1.82, 2.24) is 4.90 Å². The quantitative estimate of drug-likeness (QED) is 0.517. The van der Waals surface area contributed by atoms with Gasteiger partial charge in [0.2, 0.25) is 0 Å². The summed E-state index contributed by atoms with van der Waals surface area (Å²) in [6.45, 7) is 2.51. The molecule has 1 amide bonds. The van der Waals surface area contributed by atoms with E-state index in [9.17, 15) is 4.79 Å². The number of carbonyl (C=O) groups excluding carboxylic acids is 1. The molecule has 2 aromatic rings. The monoisotopic (exact) mass is 437 g/mol. The Bertz CT molecular complexity index is 1140. The molecule has 0 atom stereocenters. The molecule has 0 radical (unpaired) electrons. The van der Waals surface area contributed by atoms with Crippen LogP contribution in [0.1, 0.15) is 12.5 Å². The average Bonchev–Trinajstić information content (AvgIpc) is 3.04. The third-order valence-corrected chi connectivity index (χ3v) is 6.26. The van der Waals surface area contributed by atoms with Gasteiger partial charge in [-0.2, -0.15) is 0 Å². The van der Waals surface area contributed by atoms with Crippen molar-refractivity contribution in [2.24, 2.45) is 12.0 Å². The molecule has 0 aliphatic carbocycles. The molecule has 5 nitrogen and oxygen atoms in total. The summed E-state index contributed by atoms with van der Waals surface area (Å²) in [4.78, 5) is 22.1. The fraction of sp³-hybridized carbons (Fsp3) is 0.174. The summed E-state index contributed by atoms with van der Waals surface area (Å²) in [5.41, 5.74) is 3.34. The van der Waals surface area contributed by atoms with Crippen LogP contribution in [0.2, 0.25) is 5.02 Å². The second-order valence-electron chi connectivity index (χ2n) is 6.94. The molecule has 2 aliphatic rings. The number of thioether (sulfide) groups is 1. The fourth-order valence-electron chi connectivity index (χ4n) is 3.35. The molecule has 1 aromatic carbocycles.